The van der Waals surface area contributed by atoms with Crippen molar-refractivity contribution in [3.63, 3.8) is 0 Å². The molecule has 5 rings (SSSR count). The third-order valence-electron chi connectivity index (χ3n) is 16.2. The van der Waals surface area contributed by atoms with Gasteiger partial charge in [0.15, 0.2) is 25.2 Å². The molecule has 0 spiro atoms. The van der Waals surface area contributed by atoms with Crippen molar-refractivity contribution >= 4 is 29.5 Å². The third kappa shape index (κ3) is 20.9. The molecule has 5 saturated heterocycles. The average molecular weight is 1250 g/mol. The molecule has 25 unspecified atom stereocenters. The molecule has 5 amide bonds. The number of rotatable bonds is 33. The lowest BCUT2D eigenvalue weighted by molar-refractivity contribution is -0.366. The maximum Gasteiger partial charge on any atom is 0.220 e. The van der Waals surface area contributed by atoms with Crippen LogP contribution in [0, 0.1) is 0 Å². The van der Waals surface area contributed by atoms with Crippen LogP contribution in [-0.2, 0) is 66.6 Å². The highest BCUT2D eigenvalue weighted by Crippen LogP contribution is 2.36. The molecule has 87 heavy (non-hydrogen) atoms. The van der Waals surface area contributed by atoms with Gasteiger partial charge in [-0.05, 0) is 39.0 Å². The number of carbonyl (C=O) groups is 5. The van der Waals surface area contributed by atoms with Gasteiger partial charge in [-0.3, -0.25) is 24.0 Å². The summed E-state index contributed by atoms with van der Waals surface area (Å²) in [6, 6.07) is -7.54. The summed E-state index contributed by atoms with van der Waals surface area (Å²) in [6.45, 7) is 3.80. The first-order valence-electron chi connectivity index (χ1n) is 30.6. The van der Waals surface area contributed by atoms with Gasteiger partial charge in [-0.15, -0.1) is 0 Å². The number of hydrogen-bond donors (Lipinski definition) is 16. The van der Waals surface area contributed by atoms with Crippen LogP contribution in [0.25, 0.3) is 0 Å². The summed E-state index contributed by atoms with van der Waals surface area (Å²) in [6.07, 6.45) is -15.0. The van der Waals surface area contributed by atoms with Crippen molar-refractivity contribution in [2.45, 2.75) is 284 Å². The first kappa shape index (κ1) is 74.0. The normalized spacial score (nSPS) is 38.1. The van der Waals surface area contributed by atoms with Crippen LogP contribution in [0.1, 0.15) is 131 Å². The molecule has 0 aromatic rings. The summed E-state index contributed by atoms with van der Waals surface area (Å²) in [5.74, 6) is -3.35. The number of hydrogen-bond acceptors (Lipinski definition) is 25. The minimum Gasteiger partial charge on any atom is -0.394 e. The number of carbonyl (C=O) groups excluding carboxylic acids is 5. The maximum absolute atomic E-state index is 13.4. The van der Waals surface area contributed by atoms with Crippen LogP contribution in [0.2, 0.25) is 0 Å². The average Bonchev–Trinajstić information content (AvgIpc) is 1.10. The van der Waals surface area contributed by atoms with E-state index in [0.717, 1.165) is 72.1 Å². The summed E-state index contributed by atoms with van der Waals surface area (Å²) in [4.78, 5) is 63.7. The molecule has 0 saturated carbocycles. The molecule has 25 atom stereocenters. The Morgan fingerprint density at radius 3 is 1.03 bits per heavy atom. The minimum absolute atomic E-state index is 0.0346. The number of unbranched alkanes of at least 4 members (excludes halogenated alkanes) is 11. The van der Waals surface area contributed by atoms with Gasteiger partial charge in [0, 0.05) is 34.1 Å². The van der Waals surface area contributed by atoms with Crippen LogP contribution in [-0.4, -0.2) is 272 Å². The van der Waals surface area contributed by atoms with Crippen LogP contribution >= 0.6 is 0 Å². The van der Waals surface area contributed by atoms with Crippen LogP contribution in [0.15, 0.2) is 12.2 Å². The number of amides is 5. The molecule has 0 radical (unpaired) electrons. The van der Waals surface area contributed by atoms with E-state index in [9.17, 15) is 80.1 Å². The van der Waals surface area contributed by atoms with Crippen LogP contribution in [0.3, 0.4) is 0 Å². The molecule has 16 N–H and O–H groups in total. The Morgan fingerprint density at radius 1 is 0.379 bits per heavy atom. The van der Waals surface area contributed by atoms with Crippen molar-refractivity contribution in [1.29, 1.82) is 0 Å². The smallest absolute Gasteiger partial charge is 0.220 e. The molecule has 5 heterocycles. The number of ether oxygens (including phenoxy) is 9. The van der Waals surface area contributed by atoms with Crippen molar-refractivity contribution < 1.29 is 123 Å². The maximum atomic E-state index is 13.4. The highest BCUT2D eigenvalue weighted by Gasteiger charge is 2.57. The van der Waals surface area contributed by atoms with Gasteiger partial charge >= 0.3 is 0 Å². The van der Waals surface area contributed by atoms with Crippen molar-refractivity contribution in [3.05, 3.63) is 12.2 Å². The Morgan fingerprint density at radius 2 is 0.678 bits per heavy atom. The van der Waals surface area contributed by atoms with Gasteiger partial charge in [0.25, 0.3) is 0 Å². The van der Waals surface area contributed by atoms with E-state index in [1.165, 1.54) is 32.6 Å². The van der Waals surface area contributed by atoms with E-state index in [0.29, 0.717) is 6.42 Å². The van der Waals surface area contributed by atoms with Crippen LogP contribution in [0.5, 0.6) is 0 Å². The number of aliphatic hydroxyl groups excluding tert-OH is 11. The molecule has 0 aliphatic carbocycles. The van der Waals surface area contributed by atoms with E-state index in [4.69, 9.17) is 42.6 Å². The van der Waals surface area contributed by atoms with Gasteiger partial charge in [-0.1, -0.05) is 70.4 Å². The Kier molecular flexibility index (Phi) is 31.4. The van der Waals surface area contributed by atoms with Gasteiger partial charge in [0.1, 0.15) is 116 Å². The largest absolute Gasteiger partial charge is 0.394 e. The lowest BCUT2D eigenvalue weighted by atomic mass is 9.92. The predicted molar refractivity (Wildman–Crippen MR) is 302 cm³/mol. The molecule has 5 aliphatic rings. The predicted octanol–water partition coefficient (Wildman–Crippen LogP) is -4.12. The lowest BCUT2D eigenvalue weighted by Crippen LogP contribution is -2.72. The monoisotopic (exact) mass is 1250 g/mol. The summed E-state index contributed by atoms with van der Waals surface area (Å²) in [5.41, 5.74) is 0. The molecular formula is C57H99N5O25. The molecule has 30 nitrogen and oxygen atoms in total. The number of nitrogens with one attached hydrogen (secondary N) is 5. The van der Waals surface area contributed by atoms with E-state index < -0.39 is 216 Å². The zero-order valence-corrected chi connectivity index (χ0v) is 50.7. The Balaban J connectivity index is 1.28. The van der Waals surface area contributed by atoms with E-state index >= 15 is 0 Å². The topological polar surface area (TPSA) is 451 Å². The van der Waals surface area contributed by atoms with E-state index in [1.54, 1.807) is 6.92 Å². The van der Waals surface area contributed by atoms with Crippen molar-refractivity contribution in [2.24, 2.45) is 0 Å². The summed E-state index contributed by atoms with van der Waals surface area (Å²) in [7, 11) is 0. The van der Waals surface area contributed by atoms with Crippen molar-refractivity contribution in [3.8, 4) is 0 Å². The molecular weight excluding hydrogens is 1150 g/mol. The van der Waals surface area contributed by atoms with Gasteiger partial charge in [-0.2, -0.15) is 0 Å². The van der Waals surface area contributed by atoms with Gasteiger partial charge in [0.05, 0.1) is 45.2 Å². The highest BCUT2D eigenvalue weighted by atomic mass is 16.8. The molecule has 0 bridgehead atoms. The molecule has 5 fully saturated rings. The van der Waals surface area contributed by atoms with Crippen LogP contribution < -0.4 is 26.6 Å². The van der Waals surface area contributed by atoms with Crippen molar-refractivity contribution in [2.75, 3.05) is 33.0 Å². The van der Waals surface area contributed by atoms with Gasteiger partial charge < -0.3 is 125 Å². The second-order valence-electron chi connectivity index (χ2n) is 23.1. The summed E-state index contributed by atoms with van der Waals surface area (Å²) < 4.78 is 54.6. The molecule has 0 aromatic heterocycles. The first-order chi connectivity index (χ1) is 41.5. The SMILES string of the molecule is CCCCCC/C=C\CCCCCCCCCC(=O)NC1C(OC2C(CO)OC(OC3C(CO)OC(OC4C(CO)OC(OC5C(CO)OC(C)C(NC(C)=O)C5O)C(NC(C)=O)C4O)C(NC(C)=O)C3O)C(NC(C)=O)C2O)OC(CO)C(O)C1O. The zero-order chi connectivity index (χ0) is 64.1. The minimum atomic E-state index is -1.99. The third-order valence-corrected chi connectivity index (χ3v) is 16.2. The van der Waals surface area contributed by atoms with Gasteiger partial charge in [0.2, 0.25) is 29.5 Å². The second kappa shape index (κ2) is 37.0. The summed E-state index contributed by atoms with van der Waals surface area (Å²) >= 11 is 0. The van der Waals surface area contributed by atoms with Gasteiger partial charge in [-0.25, -0.2) is 0 Å². The molecule has 0 aromatic carbocycles. The van der Waals surface area contributed by atoms with E-state index in [1.807, 2.05) is 0 Å². The van der Waals surface area contributed by atoms with E-state index in [-0.39, 0.29) is 6.42 Å². The zero-order valence-electron chi connectivity index (χ0n) is 50.7. The fraction of sp³-hybridized carbons (Fsp3) is 0.877. The molecule has 5 aliphatic heterocycles. The quantitative estimate of drug-likeness (QED) is 0.0219. The Bertz CT molecular complexity index is 2120. The fourth-order valence-corrected chi connectivity index (χ4v) is 11.7. The van der Waals surface area contributed by atoms with Crippen LogP contribution in [0.4, 0.5) is 0 Å². The lowest BCUT2D eigenvalue weighted by Gasteiger charge is -2.51. The van der Waals surface area contributed by atoms with Crippen molar-refractivity contribution in [1.82, 2.24) is 26.6 Å². The number of aliphatic hydroxyl groups is 11. The van der Waals surface area contributed by atoms with E-state index in [2.05, 4.69) is 45.7 Å². The molecule has 30 heteroatoms. The first-order valence-corrected chi connectivity index (χ1v) is 30.6. The highest BCUT2D eigenvalue weighted by molar-refractivity contribution is 5.76. The molecule has 502 valence electrons. The standard InChI is InChI=1S/C57H99N5O25/c1-7-8-9-10-11-12-13-14-15-16-17-18-19-20-21-22-38(72)62-40-45(74)44(73)33(23-63)80-54(40)85-51-35(25-65)82-56(42(47(51)76)60-31(5)70)87-53-37(27-67)83-57(43(49(53)78)61-32(6)71)86-52-36(26-66)81-55(41(48(52)77)59-30(4)69)84-50-34(24-64)79-28(2)39(46(50)75)58-29(3)68/h12-13,28,33-37,39-57,63-67,73-78H,7-11,14-27H2,1-6H3,(H,58,68)(H,59,69)(H,60,70)(H,61,71)(H,62,72)/b13-12-. The number of allylic oxidation sites excluding steroid dienone is 2. The fourth-order valence-electron chi connectivity index (χ4n) is 11.7. The Labute approximate surface area is 507 Å². The summed E-state index contributed by atoms with van der Waals surface area (Å²) in [5, 5.41) is 135. The Hall–Kier alpha value is -3.71. The second-order valence-corrected chi connectivity index (χ2v) is 23.1.